The van der Waals surface area contributed by atoms with Gasteiger partial charge < -0.3 is 9.47 Å². The van der Waals surface area contributed by atoms with Crippen LogP contribution in [-0.2, 0) is 9.47 Å². The zero-order chi connectivity index (χ0) is 5.70. The second-order valence-corrected chi connectivity index (χ2v) is 0.887. The summed E-state index contributed by atoms with van der Waals surface area (Å²) in [6.07, 6.45) is -0.623. The molecule has 8 heavy (non-hydrogen) atoms. The molecule has 4 heteroatoms. The Balaban J connectivity index is 0. The van der Waals surface area contributed by atoms with Crippen molar-refractivity contribution in [3.63, 3.8) is 0 Å². The summed E-state index contributed by atoms with van der Waals surface area (Å²) < 4.78 is 8.46. The van der Waals surface area contributed by atoms with E-state index >= 15 is 0 Å². The minimum Gasteiger partial charge on any atom is -0.438 e. The Bertz CT molecular complexity index is 64.3. The molecule has 0 heterocycles. The third-order valence-electron chi connectivity index (χ3n) is 0.429. The molecule has 0 N–H and O–H groups in total. The van der Waals surface area contributed by atoms with Crippen molar-refractivity contribution in [1.82, 2.24) is 0 Å². The molecule has 0 spiro atoms. The molecule has 0 rings (SSSR count). The SMILES string of the molecule is CCOC(=O)OC.[Na]. The Kier molecular flexibility index (Phi) is 10.1. The van der Waals surface area contributed by atoms with E-state index in [1.54, 1.807) is 6.92 Å². The van der Waals surface area contributed by atoms with Gasteiger partial charge in [0.25, 0.3) is 0 Å². The zero-order valence-electron chi connectivity index (χ0n) is 5.43. The molecule has 0 saturated carbocycles. The van der Waals surface area contributed by atoms with Gasteiger partial charge in [-0.15, -0.1) is 0 Å². The summed E-state index contributed by atoms with van der Waals surface area (Å²) in [5.41, 5.74) is 0. The smallest absolute Gasteiger partial charge is 0.438 e. The van der Waals surface area contributed by atoms with Gasteiger partial charge in [-0.2, -0.15) is 0 Å². The summed E-state index contributed by atoms with van der Waals surface area (Å²) in [6.45, 7) is 2.09. The molecule has 0 amide bonds. The summed E-state index contributed by atoms with van der Waals surface area (Å²) >= 11 is 0. The van der Waals surface area contributed by atoms with Crippen molar-refractivity contribution >= 4 is 35.7 Å². The van der Waals surface area contributed by atoms with E-state index in [0.717, 1.165) is 0 Å². The summed E-state index contributed by atoms with van der Waals surface area (Å²) in [5.74, 6) is 0. The summed E-state index contributed by atoms with van der Waals surface area (Å²) in [5, 5.41) is 0. The third kappa shape index (κ3) is 6.27. The molecule has 0 aromatic heterocycles. The van der Waals surface area contributed by atoms with E-state index in [9.17, 15) is 4.79 Å². The maximum atomic E-state index is 9.97. The van der Waals surface area contributed by atoms with Crippen molar-refractivity contribution in [3.05, 3.63) is 0 Å². The van der Waals surface area contributed by atoms with Gasteiger partial charge in [-0.1, -0.05) is 0 Å². The second kappa shape index (κ2) is 7.27. The second-order valence-electron chi connectivity index (χ2n) is 0.887. The fourth-order valence-electron chi connectivity index (χ4n) is 0.177. The van der Waals surface area contributed by atoms with E-state index in [0.29, 0.717) is 6.61 Å². The van der Waals surface area contributed by atoms with Gasteiger partial charge in [0.1, 0.15) is 0 Å². The van der Waals surface area contributed by atoms with Crippen LogP contribution in [0.15, 0.2) is 0 Å². The van der Waals surface area contributed by atoms with Crippen molar-refractivity contribution in [1.29, 1.82) is 0 Å². The summed E-state index contributed by atoms with van der Waals surface area (Å²) in [4.78, 5) is 9.97. The molecule has 0 bridgehead atoms. The van der Waals surface area contributed by atoms with E-state index in [2.05, 4.69) is 9.47 Å². The van der Waals surface area contributed by atoms with Gasteiger partial charge in [0.05, 0.1) is 13.7 Å². The average Bonchev–Trinajstić information content (AvgIpc) is 1.68. The van der Waals surface area contributed by atoms with Crippen LogP contribution in [0.3, 0.4) is 0 Å². The largest absolute Gasteiger partial charge is 0.507 e. The molecule has 0 aliphatic heterocycles. The molecule has 0 aliphatic carbocycles. The molecular weight excluding hydrogens is 119 g/mol. The first kappa shape index (κ1) is 11.1. The van der Waals surface area contributed by atoms with Crippen LogP contribution in [0.1, 0.15) is 6.92 Å². The number of carbonyl (C=O) groups is 1. The number of rotatable bonds is 1. The molecule has 0 aliphatic rings. The fourth-order valence-corrected chi connectivity index (χ4v) is 0.177. The predicted molar refractivity (Wildman–Crippen MR) is 29.8 cm³/mol. The Morgan fingerprint density at radius 1 is 1.62 bits per heavy atom. The van der Waals surface area contributed by atoms with Crippen LogP contribution in [0.4, 0.5) is 4.79 Å². The van der Waals surface area contributed by atoms with Gasteiger partial charge in [-0.05, 0) is 6.92 Å². The van der Waals surface area contributed by atoms with Crippen LogP contribution < -0.4 is 0 Å². The topological polar surface area (TPSA) is 35.5 Å². The molecule has 0 unspecified atom stereocenters. The predicted octanol–water partition coefficient (Wildman–Crippen LogP) is 0.409. The number of hydrogen-bond acceptors (Lipinski definition) is 3. The Morgan fingerprint density at radius 2 is 2.12 bits per heavy atom. The molecule has 0 aromatic carbocycles. The van der Waals surface area contributed by atoms with Crippen molar-refractivity contribution in [3.8, 4) is 0 Å². The normalized spacial score (nSPS) is 6.75. The first-order valence-corrected chi connectivity index (χ1v) is 2.02. The van der Waals surface area contributed by atoms with Crippen LogP contribution in [0.2, 0.25) is 0 Å². The maximum Gasteiger partial charge on any atom is 0.507 e. The van der Waals surface area contributed by atoms with Crippen LogP contribution in [0, 0.1) is 0 Å². The first-order valence-electron chi connectivity index (χ1n) is 2.02. The monoisotopic (exact) mass is 127 g/mol. The molecular formula is C4H8NaO3. The molecule has 0 fully saturated rings. The van der Waals surface area contributed by atoms with Gasteiger partial charge in [-0.25, -0.2) is 4.79 Å². The fraction of sp³-hybridized carbons (Fsp3) is 0.750. The summed E-state index contributed by atoms with van der Waals surface area (Å²) in [6, 6.07) is 0. The van der Waals surface area contributed by atoms with Crippen molar-refractivity contribution in [2.45, 2.75) is 6.92 Å². The molecule has 0 saturated heterocycles. The van der Waals surface area contributed by atoms with Gasteiger partial charge >= 0.3 is 6.16 Å². The van der Waals surface area contributed by atoms with E-state index in [4.69, 9.17) is 0 Å². The van der Waals surface area contributed by atoms with Gasteiger partial charge in [0.2, 0.25) is 0 Å². The molecule has 0 atom stereocenters. The van der Waals surface area contributed by atoms with Crippen LogP contribution in [0.25, 0.3) is 0 Å². The van der Waals surface area contributed by atoms with Crippen molar-refractivity contribution in [2.75, 3.05) is 13.7 Å². The number of methoxy groups -OCH3 is 1. The Labute approximate surface area is 70.6 Å². The van der Waals surface area contributed by atoms with Gasteiger partial charge in [-0.3, -0.25) is 0 Å². The molecule has 1 radical (unpaired) electrons. The van der Waals surface area contributed by atoms with Crippen LogP contribution in [0.5, 0.6) is 0 Å². The van der Waals surface area contributed by atoms with Crippen molar-refractivity contribution < 1.29 is 14.3 Å². The number of hydrogen-bond donors (Lipinski definition) is 0. The van der Waals surface area contributed by atoms with E-state index in [-0.39, 0.29) is 29.6 Å². The van der Waals surface area contributed by atoms with Crippen LogP contribution >= 0.6 is 0 Å². The quantitative estimate of drug-likeness (QED) is 0.378. The third-order valence-corrected chi connectivity index (χ3v) is 0.429. The summed E-state index contributed by atoms with van der Waals surface area (Å²) in [7, 11) is 1.28. The molecule has 3 nitrogen and oxygen atoms in total. The zero-order valence-corrected chi connectivity index (χ0v) is 7.43. The maximum absolute atomic E-state index is 9.97. The minimum atomic E-state index is -0.623. The van der Waals surface area contributed by atoms with Crippen molar-refractivity contribution in [2.24, 2.45) is 0 Å². The Morgan fingerprint density at radius 3 is 2.25 bits per heavy atom. The standard InChI is InChI=1S/C4H8O3.Na/c1-3-7-4(5)6-2;/h3H2,1-2H3;. The van der Waals surface area contributed by atoms with E-state index in [1.807, 2.05) is 0 Å². The number of carbonyl (C=O) groups excluding carboxylic acids is 1. The Hall–Kier alpha value is 0.270. The average molecular weight is 127 g/mol. The van der Waals surface area contributed by atoms with E-state index in [1.165, 1.54) is 7.11 Å². The first-order chi connectivity index (χ1) is 3.31. The minimum absolute atomic E-state index is 0. The van der Waals surface area contributed by atoms with Crippen LogP contribution in [-0.4, -0.2) is 49.4 Å². The molecule has 43 valence electrons. The van der Waals surface area contributed by atoms with Gasteiger partial charge in [0.15, 0.2) is 0 Å². The molecule has 0 aromatic rings. The van der Waals surface area contributed by atoms with Gasteiger partial charge in [0, 0.05) is 29.6 Å². The number of ether oxygens (including phenoxy) is 2. The van der Waals surface area contributed by atoms with E-state index < -0.39 is 6.16 Å².